The zero-order chi connectivity index (χ0) is 25.7. The van der Waals surface area contributed by atoms with Crippen molar-refractivity contribution in [1.82, 2.24) is 0 Å². The molecule has 1 rings (SSSR count). The molecule has 0 aliphatic heterocycles. The predicted molar refractivity (Wildman–Crippen MR) is 143 cm³/mol. The molecule has 0 saturated carbocycles. The standard InChI is InChI=1S/C21H45S.C6H4F2O3S/c1-4-7-10-13-16-19-22(20-17-14-11-8-5-2)21-18-15-12-9-6-3;7-4-1-2-6(5(8)3-4)12(9,10)11/h4-21H2,1-3H3;1-3H,(H,9,10,11)/q+1;/p-1. The monoisotopic (exact) mass is 522 g/mol. The average molecular weight is 523 g/mol. The Kier molecular flexibility index (Phi) is 21.2. The lowest BCUT2D eigenvalue weighted by Crippen LogP contribution is -2.17. The van der Waals surface area contributed by atoms with Gasteiger partial charge in [0.2, 0.25) is 0 Å². The van der Waals surface area contributed by atoms with Gasteiger partial charge >= 0.3 is 0 Å². The molecular weight excluding hydrogens is 474 g/mol. The van der Waals surface area contributed by atoms with Crippen LogP contribution in [0.4, 0.5) is 8.78 Å². The molecule has 0 aliphatic carbocycles. The zero-order valence-electron chi connectivity index (χ0n) is 21.8. The van der Waals surface area contributed by atoms with E-state index in [0.29, 0.717) is 18.2 Å². The molecule has 0 unspecified atom stereocenters. The molecule has 1 aromatic rings. The fourth-order valence-electron chi connectivity index (χ4n) is 3.71. The van der Waals surface area contributed by atoms with Crippen LogP contribution in [-0.4, -0.2) is 30.2 Å². The van der Waals surface area contributed by atoms with Crippen LogP contribution >= 0.6 is 0 Å². The van der Waals surface area contributed by atoms with Crippen LogP contribution in [0.25, 0.3) is 0 Å². The van der Waals surface area contributed by atoms with Crippen molar-refractivity contribution in [2.45, 2.75) is 122 Å². The van der Waals surface area contributed by atoms with Crippen LogP contribution in [0.15, 0.2) is 23.1 Å². The first-order valence-electron chi connectivity index (χ1n) is 13.3. The van der Waals surface area contributed by atoms with E-state index in [1.54, 1.807) is 17.3 Å². The van der Waals surface area contributed by atoms with Crippen molar-refractivity contribution < 1.29 is 21.8 Å². The van der Waals surface area contributed by atoms with Crippen molar-refractivity contribution in [1.29, 1.82) is 0 Å². The average Bonchev–Trinajstić information content (AvgIpc) is 2.77. The highest BCUT2D eigenvalue weighted by Gasteiger charge is 2.16. The zero-order valence-corrected chi connectivity index (χ0v) is 23.4. The topological polar surface area (TPSA) is 57.2 Å². The van der Waals surface area contributed by atoms with Crippen molar-refractivity contribution >= 4 is 21.0 Å². The lowest BCUT2D eigenvalue weighted by Gasteiger charge is -2.09. The SMILES string of the molecule is CCCCCCC[S+](CCCCCCC)CCCCCCC.O=S(=O)([O-])c1ccc(F)cc1F. The summed E-state index contributed by atoms with van der Waals surface area (Å²) in [4.78, 5) is -1.04. The summed E-state index contributed by atoms with van der Waals surface area (Å²) in [5, 5.41) is 0. The maximum atomic E-state index is 12.5. The summed E-state index contributed by atoms with van der Waals surface area (Å²) in [6.45, 7) is 6.95. The summed E-state index contributed by atoms with van der Waals surface area (Å²) in [7, 11) is -4.08. The second-order valence-electron chi connectivity index (χ2n) is 9.00. The summed E-state index contributed by atoms with van der Waals surface area (Å²) in [5.74, 6) is 2.34. The van der Waals surface area contributed by atoms with Crippen LogP contribution in [0.2, 0.25) is 0 Å². The van der Waals surface area contributed by atoms with E-state index in [9.17, 15) is 21.8 Å². The molecule has 200 valence electrons. The van der Waals surface area contributed by atoms with Gasteiger partial charge in [0.05, 0.1) is 4.90 Å². The Labute approximate surface area is 211 Å². The third-order valence-corrected chi connectivity index (χ3v) is 9.24. The number of unbranched alkanes of at least 4 members (excludes halogenated alkanes) is 12. The largest absolute Gasteiger partial charge is 0.744 e. The van der Waals surface area contributed by atoms with Gasteiger partial charge in [0, 0.05) is 6.07 Å². The molecule has 0 spiro atoms. The smallest absolute Gasteiger partial charge is 0.143 e. The molecular formula is C27H48F2O3S2. The maximum absolute atomic E-state index is 12.5. The Balaban J connectivity index is 0.000000757. The Morgan fingerprint density at radius 2 is 1.06 bits per heavy atom. The quantitative estimate of drug-likeness (QED) is 0.104. The minimum absolute atomic E-state index is 0.338. The molecule has 0 atom stereocenters. The third kappa shape index (κ3) is 18.6. The van der Waals surface area contributed by atoms with Gasteiger partial charge in [-0.25, -0.2) is 17.2 Å². The van der Waals surface area contributed by atoms with Gasteiger partial charge in [-0.3, -0.25) is 0 Å². The highest BCUT2D eigenvalue weighted by molar-refractivity contribution is 7.96. The van der Waals surface area contributed by atoms with Crippen LogP contribution in [0, 0.1) is 11.6 Å². The molecule has 0 aromatic heterocycles. The van der Waals surface area contributed by atoms with E-state index in [-0.39, 0.29) is 0 Å². The van der Waals surface area contributed by atoms with Gasteiger partial charge in [-0.15, -0.1) is 0 Å². The summed E-state index contributed by atoms with van der Waals surface area (Å²) in [6, 6.07) is 1.63. The van der Waals surface area contributed by atoms with E-state index in [0.717, 1.165) is 10.9 Å². The van der Waals surface area contributed by atoms with Crippen LogP contribution in [0.5, 0.6) is 0 Å². The first-order chi connectivity index (χ1) is 16.3. The Morgan fingerprint density at radius 3 is 1.38 bits per heavy atom. The van der Waals surface area contributed by atoms with Crippen molar-refractivity contribution in [3.8, 4) is 0 Å². The van der Waals surface area contributed by atoms with Crippen molar-refractivity contribution in [3.05, 3.63) is 29.8 Å². The van der Waals surface area contributed by atoms with Gasteiger partial charge in [0.25, 0.3) is 0 Å². The highest BCUT2D eigenvalue weighted by Crippen LogP contribution is 2.15. The molecule has 0 saturated heterocycles. The molecule has 7 heteroatoms. The third-order valence-electron chi connectivity index (χ3n) is 5.77. The van der Waals surface area contributed by atoms with Crippen LogP contribution < -0.4 is 0 Å². The second kappa shape index (κ2) is 21.6. The molecule has 0 bridgehead atoms. The van der Waals surface area contributed by atoms with Gasteiger partial charge in [0.1, 0.15) is 39.0 Å². The highest BCUT2D eigenvalue weighted by atomic mass is 32.2. The van der Waals surface area contributed by atoms with Crippen molar-refractivity contribution in [2.75, 3.05) is 17.3 Å². The van der Waals surface area contributed by atoms with E-state index < -0.39 is 26.6 Å². The van der Waals surface area contributed by atoms with Gasteiger partial charge in [-0.1, -0.05) is 78.6 Å². The van der Waals surface area contributed by atoms with Gasteiger partial charge in [-0.05, 0) is 61.6 Å². The predicted octanol–water partition coefficient (Wildman–Crippen LogP) is 8.38. The Hall–Kier alpha value is -0.660. The Bertz CT molecular complexity index is 679. The number of halogens is 2. The normalized spacial score (nSPS) is 11.5. The molecule has 0 amide bonds. The summed E-state index contributed by atoms with van der Waals surface area (Å²) >= 11 is 0. The van der Waals surface area contributed by atoms with E-state index in [1.807, 2.05) is 0 Å². The minimum Gasteiger partial charge on any atom is -0.744 e. The molecule has 0 aliphatic rings. The summed E-state index contributed by atoms with van der Waals surface area (Å²) in [6.07, 6.45) is 21.9. The summed E-state index contributed by atoms with van der Waals surface area (Å²) < 4.78 is 55.5. The molecule has 1 aromatic carbocycles. The second-order valence-corrected chi connectivity index (χ2v) is 12.8. The van der Waals surface area contributed by atoms with E-state index in [4.69, 9.17) is 0 Å². The number of benzene rings is 1. The van der Waals surface area contributed by atoms with Crippen LogP contribution in [-0.2, 0) is 21.0 Å². The van der Waals surface area contributed by atoms with Gasteiger partial charge < -0.3 is 4.55 Å². The fourth-order valence-corrected chi connectivity index (χ4v) is 6.70. The maximum Gasteiger partial charge on any atom is 0.143 e. The lowest BCUT2D eigenvalue weighted by atomic mass is 10.2. The van der Waals surface area contributed by atoms with Crippen LogP contribution in [0.1, 0.15) is 117 Å². The van der Waals surface area contributed by atoms with E-state index in [2.05, 4.69) is 20.8 Å². The van der Waals surface area contributed by atoms with Crippen LogP contribution in [0.3, 0.4) is 0 Å². The first-order valence-corrected chi connectivity index (χ1v) is 16.4. The van der Waals surface area contributed by atoms with Crippen molar-refractivity contribution in [3.63, 3.8) is 0 Å². The van der Waals surface area contributed by atoms with Crippen molar-refractivity contribution in [2.24, 2.45) is 0 Å². The summed E-state index contributed by atoms with van der Waals surface area (Å²) in [5.41, 5.74) is 0. The van der Waals surface area contributed by atoms with E-state index in [1.165, 1.54) is 96.3 Å². The molecule has 0 N–H and O–H groups in total. The first kappa shape index (κ1) is 33.3. The molecule has 0 fully saturated rings. The molecule has 0 heterocycles. The van der Waals surface area contributed by atoms with E-state index >= 15 is 0 Å². The number of rotatable bonds is 19. The number of hydrogen-bond donors (Lipinski definition) is 0. The molecule has 3 nitrogen and oxygen atoms in total. The minimum atomic E-state index is -4.84. The molecule has 0 radical (unpaired) electrons. The molecule has 34 heavy (non-hydrogen) atoms. The van der Waals surface area contributed by atoms with Gasteiger partial charge in [-0.2, -0.15) is 0 Å². The van der Waals surface area contributed by atoms with Gasteiger partial charge in [0.15, 0.2) is 0 Å². The Morgan fingerprint density at radius 1 is 0.676 bits per heavy atom. The fraction of sp³-hybridized carbons (Fsp3) is 0.778. The number of hydrogen-bond acceptors (Lipinski definition) is 3. The lowest BCUT2D eigenvalue weighted by molar-refractivity contribution is 0.453.